The smallest absolute Gasteiger partial charge is 0.189 e. The van der Waals surface area contributed by atoms with E-state index in [-0.39, 0.29) is 0 Å². The molecule has 7 heteroatoms. The zero-order chi connectivity index (χ0) is 18.3. The third-order valence-corrected chi connectivity index (χ3v) is 6.32. The first kappa shape index (κ1) is 17.8. The molecule has 140 valence electrons. The molecule has 0 unspecified atom stereocenters. The van der Waals surface area contributed by atoms with Gasteiger partial charge in [0.1, 0.15) is 5.82 Å². The van der Waals surface area contributed by atoms with Gasteiger partial charge in [0.15, 0.2) is 5.16 Å². The normalized spacial score (nSPS) is 17.8. The van der Waals surface area contributed by atoms with Crippen molar-refractivity contribution < 1.29 is 0 Å². The second kappa shape index (κ2) is 7.19. The zero-order valence-corrected chi connectivity index (χ0v) is 17.1. The van der Waals surface area contributed by atoms with Crippen LogP contribution in [0.25, 0.3) is 0 Å². The van der Waals surface area contributed by atoms with Crippen molar-refractivity contribution in [1.29, 1.82) is 0 Å². The lowest BCUT2D eigenvalue weighted by Gasteiger charge is -2.36. The van der Waals surface area contributed by atoms with Crippen LogP contribution in [0, 0.1) is 13.8 Å². The molecule has 26 heavy (non-hydrogen) atoms. The van der Waals surface area contributed by atoms with Crippen molar-refractivity contribution in [1.82, 2.24) is 24.6 Å². The third-order valence-electron chi connectivity index (χ3n) is 5.77. The summed E-state index contributed by atoms with van der Waals surface area (Å²) in [6, 6.07) is 0. The Morgan fingerprint density at radius 1 is 1.04 bits per heavy atom. The van der Waals surface area contributed by atoms with Gasteiger partial charge >= 0.3 is 0 Å². The summed E-state index contributed by atoms with van der Waals surface area (Å²) in [5.74, 6) is 1.11. The lowest BCUT2D eigenvalue weighted by atomic mass is 10.1. The maximum atomic E-state index is 4.78. The molecule has 2 aliphatic rings. The van der Waals surface area contributed by atoms with E-state index in [1.807, 2.05) is 6.26 Å². The summed E-state index contributed by atoms with van der Waals surface area (Å²) >= 11 is 1.62. The van der Waals surface area contributed by atoms with E-state index in [0.29, 0.717) is 0 Å². The maximum absolute atomic E-state index is 4.78. The standard InChI is InChI=1S/C19H28N6S/c1-13-14(2)20-19(26-4)21-18(13)25-10-8-24(9-11-25)12-17-15-6-5-7-16(15)22-23(17)3/h5-12H2,1-4H3. The Balaban J connectivity index is 1.44. The maximum Gasteiger partial charge on any atom is 0.189 e. The summed E-state index contributed by atoms with van der Waals surface area (Å²) in [4.78, 5) is 14.3. The van der Waals surface area contributed by atoms with Gasteiger partial charge in [-0.3, -0.25) is 9.58 Å². The summed E-state index contributed by atoms with van der Waals surface area (Å²) in [7, 11) is 2.10. The number of fused-ring (bicyclic) bond motifs is 1. The van der Waals surface area contributed by atoms with Gasteiger partial charge in [0, 0.05) is 51.0 Å². The number of thioether (sulfide) groups is 1. The van der Waals surface area contributed by atoms with Crippen molar-refractivity contribution >= 4 is 17.6 Å². The number of aromatic nitrogens is 4. The van der Waals surface area contributed by atoms with Crippen LogP contribution < -0.4 is 4.90 Å². The quantitative estimate of drug-likeness (QED) is 0.607. The highest BCUT2D eigenvalue weighted by molar-refractivity contribution is 7.98. The van der Waals surface area contributed by atoms with E-state index < -0.39 is 0 Å². The van der Waals surface area contributed by atoms with E-state index in [9.17, 15) is 0 Å². The van der Waals surface area contributed by atoms with E-state index in [0.717, 1.165) is 55.8 Å². The fraction of sp³-hybridized carbons (Fsp3) is 0.632. The molecule has 2 aromatic heterocycles. The van der Waals surface area contributed by atoms with Gasteiger partial charge in [0.2, 0.25) is 0 Å². The molecule has 1 fully saturated rings. The fourth-order valence-electron chi connectivity index (χ4n) is 4.10. The van der Waals surface area contributed by atoms with Crippen molar-refractivity contribution in [2.75, 3.05) is 37.3 Å². The molecule has 1 aliphatic heterocycles. The molecule has 0 spiro atoms. The summed E-state index contributed by atoms with van der Waals surface area (Å²) in [6.45, 7) is 9.41. The molecule has 0 amide bonds. The number of hydrogen-bond donors (Lipinski definition) is 0. The van der Waals surface area contributed by atoms with E-state index >= 15 is 0 Å². The minimum Gasteiger partial charge on any atom is -0.354 e. The zero-order valence-electron chi connectivity index (χ0n) is 16.2. The molecule has 3 heterocycles. The summed E-state index contributed by atoms with van der Waals surface area (Å²) < 4.78 is 2.11. The van der Waals surface area contributed by atoms with Crippen LogP contribution in [0.3, 0.4) is 0 Å². The van der Waals surface area contributed by atoms with Gasteiger partial charge in [-0.05, 0) is 44.9 Å². The topological polar surface area (TPSA) is 50.1 Å². The van der Waals surface area contributed by atoms with Crippen molar-refractivity contribution in [3.05, 3.63) is 28.2 Å². The van der Waals surface area contributed by atoms with Gasteiger partial charge < -0.3 is 4.90 Å². The molecule has 0 aromatic carbocycles. The van der Waals surface area contributed by atoms with Crippen LogP contribution in [0.4, 0.5) is 5.82 Å². The van der Waals surface area contributed by atoms with Crippen LogP contribution >= 0.6 is 11.8 Å². The Bertz CT molecular complexity index is 807. The third kappa shape index (κ3) is 3.22. The van der Waals surface area contributed by atoms with Crippen LogP contribution in [-0.2, 0) is 26.4 Å². The first-order valence-corrected chi connectivity index (χ1v) is 10.7. The largest absolute Gasteiger partial charge is 0.354 e. The number of rotatable bonds is 4. The second-order valence-electron chi connectivity index (χ2n) is 7.36. The van der Waals surface area contributed by atoms with E-state index in [1.165, 1.54) is 35.4 Å². The average molecular weight is 373 g/mol. The number of hydrogen-bond acceptors (Lipinski definition) is 6. The van der Waals surface area contributed by atoms with Gasteiger partial charge in [-0.2, -0.15) is 5.10 Å². The second-order valence-corrected chi connectivity index (χ2v) is 8.13. The molecule has 6 nitrogen and oxygen atoms in total. The highest BCUT2D eigenvalue weighted by atomic mass is 32.2. The summed E-state index contributed by atoms with van der Waals surface area (Å²) in [5.41, 5.74) is 6.57. The molecule has 2 aromatic rings. The predicted octanol–water partition coefficient (Wildman–Crippen LogP) is 2.36. The van der Waals surface area contributed by atoms with E-state index in [2.05, 4.69) is 40.4 Å². The molecular weight excluding hydrogens is 344 g/mol. The SMILES string of the molecule is CSc1nc(C)c(C)c(N2CCN(Cc3c4c(nn3C)CCC4)CC2)n1. The van der Waals surface area contributed by atoms with Gasteiger partial charge in [0.05, 0.1) is 11.4 Å². The molecule has 1 saturated heterocycles. The molecule has 0 radical (unpaired) electrons. The molecule has 0 atom stereocenters. The summed E-state index contributed by atoms with van der Waals surface area (Å²) in [5, 5.41) is 5.59. The fourth-order valence-corrected chi connectivity index (χ4v) is 4.51. The van der Waals surface area contributed by atoms with Gasteiger partial charge in [-0.25, -0.2) is 9.97 Å². The number of anilines is 1. The predicted molar refractivity (Wildman–Crippen MR) is 106 cm³/mol. The van der Waals surface area contributed by atoms with Gasteiger partial charge in [-0.15, -0.1) is 0 Å². The van der Waals surface area contributed by atoms with E-state index in [4.69, 9.17) is 10.1 Å². The monoisotopic (exact) mass is 372 g/mol. The average Bonchev–Trinajstić information content (AvgIpc) is 3.20. The van der Waals surface area contributed by atoms with Crippen molar-refractivity contribution in [3.63, 3.8) is 0 Å². The van der Waals surface area contributed by atoms with Crippen LogP contribution in [0.15, 0.2) is 5.16 Å². The minimum atomic E-state index is 0.871. The molecular formula is C19H28N6S. The van der Waals surface area contributed by atoms with Crippen LogP contribution in [0.2, 0.25) is 0 Å². The minimum absolute atomic E-state index is 0.871. The number of aryl methyl sites for hydroxylation is 3. The Morgan fingerprint density at radius 3 is 2.54 bits per heavy atom. The molecule has 0 bridgehead atoms. The molecule has 0 saturated carbocycles. The highest BCUT2D eigenvalue weighted by Crippen LogP contribution is 2.27. The Hall–Kier alpha value is -1.60. The first-order chi connectivity index (χ1) is 12.6. The lowest BCUT2D eigenvalue weighted by Crippen LogP contribution is -2.46. The highest BCUT2D eigenvalue weighted by Gasteiger charge is 2.25. The van der Waals surface area contributed by atoms with E-state index in [1.54, 1.807) is 11.8 Å². The number of nitrogens with zero attached hydrogens (tertiary/aromatic N) is 6. The summed E-state index contributed by atoms with van der Waals surface area (Å²) in [6.07, 6.45) is 5.66. The van der Waals surface area contributed by atoms with Crippen molar-refractivity contribution in [3.8, 4) is 0 Å². The first-order valence-electron chi connectivity index (χ1n) is 9.47. The molecule has 1 aliphatic carbocycles. The molecule has 4 rings (SSSR count). The Morgan fingerprint density at radius 2 is 1.81 bits per heavy atom. The molecule has 0 N–H and O–H groups in total. The van der Waals surface area contributed by atoms with Crippen LogP contribution in [0.5, 0.6) is 0 Å². The Labute approximate surface area is 160 Å². The van der Waals surface area contributed by atoms with Gasteiger partial charge in [-0.1, -0.05) is 11.8 Å². The van der Waals surface area contributed by atoms with Crippen LogP contribution in [-0.4, -0.2) is 57.1 Å². The Kier molecular flexibility index (Phi) is 4.92. The van der Waals surface area contributed by atoms with Crippen molar-refractivity contribution in [2.24, 2.45) is 7.05 Å². The van der Waals surface area contributed by atoms with Crippen molar-refractivity contribution in [2.45, 2.75) is 44.8 Å². The lowest BCUT2D eigenvalue weighted by molar-refractivity contribution is 0.242. The van der Waals surface area contributed by atoms with Crippen LogP contribution in [0.1, 0.15) is 34.6 Å². The van der Waals surface area contributed by atoms with Gasteiger partial charge in [0.25, 0.3) is 0 Å². The number of piperazine rings is 1.